The van der Waals surface area contributed by atoms with Crippen molar-refractivity contribution >= 4 is 11.9 Å². The molecule has 0 spiro atoms. The van der Waals surface area contributed by atoms with Gasteiger partial charge in [-0.25, -0.2) is 9.97 Å². The van der Waals surface area contributed by atoms with Crippen LogP contribution >= 0.6 is 0 Å². The Labute approximate surface area is 166 Å². The topological polar surface area (TPSA) is 81.3 Å². The molecular weight excluding hydrogens is 352 g/mol. The number of hydrogen-bond acceptors (Lipinski definition) is 5. The van der Waals surface area contributed by atoms with Gasteiger partial charge >= 0.3 is 0 Å². The molecule has 1 unspecified atom stereocenters. The third-order valence-electron chi connectivity index (χ3n) is 6.06. The van der Waals surface area contributed by atoms with Gasteiger partial charge in [0.05, 0.1) is 12.8 Å². The number of nitrogens with two attached hydrogens (primary N) is 1. The van der Waals surface area contributed by atoms with Crippen molar-refractivity contribution in [1.29, 1.82) is 0 Å². The Kier molecular flexibility index (Phi) is 5.46. The maximum absolute atomic E-state index is 12.9. The van der Waals surface area contributed by atoms with Gasteiger partial charge in [-0.3, -0.25) is 4.79 Å². The van der Waals surface area contributed by atoms with E-state index in [0.29, 0.717) is 5.91 Å². The molecule has 1 saturated heterocycles. The molecule has 1 aliphatic carbocycles. The highest BCUT2D eigenvalue weighted by atomic mass is 16.5. The van der Waals surface area contributed by atoms with Crippen LogP contribution in [0.15, 0.2) is 30.5 Å². The molecule has 1 atom stereocenters. The molecule has 6 heteroatoms. The van der Waals surface area contributed by atoms with E-state index >= 15 is 0 Å². The molecule has 2 N–H and O–H groups in total. The molecule has 2 aromatic rings. The second-order valence-corrected chi connectivity index (χ2v) is 7.86. The fourth-order valence-corrected chi connectivity index (χ4v) is 4.54. The van der Waals surface area contributed by atoms with Gasteiger partial charge in [0.15, 0.2) is 0 Å². The van der Waals surface area contributed by atoms with Crippen LogP contribution in [0, 0.1) is 5.92 Å². The average molecular weight is 380 g/mol. The van der Waals surface area contributed by atoms with Crippen LogP contribution in [0.1, 0.15) is 50.1 Å². The van der Waals surface area contributed by atoms with E-state index < -0.39 is 0 Å². The molecule has 4 rings (SSSR count). The lowest BCUT2D eigenvalue weighted by atomic mass is 9.89. The third kappa shape index (κ3) is 3.81. The number of aromatic nitrogens is 2. The zero-order valence-corrected chi connectivity index (χ0v) is 16.4. The Morgan fingerprint density at radius 2 is 1.89 bits per heavy atom. The van der Waals surface area contributed by atoms with Gasteiger partial charge in [-0.05, 0) is 43.4 Å². The third-order valence-corrected chi connectivity index (χ3v) is 6.06. The van der Waals surface area contributed by atoms with Gasteiger partial charge in [0.2, 0.25) is 11.9 Å². The monoisotopic (exact) mass is 380 g/mol. The van der Waals surface area contributed by atoms with Gasteiger partial charge in [0.25, 0.3) is 0 Å². The number of methoxy groups -OCH3 is 1. The van der Waals surface area contributed by atoms with Crippen molar-refractivity contribution in [2.45, 2.75) is 44.4 Å². The fraction of sp³-hybridized carbons (Fsp3) is 0.500. The zero-order chi connectivity index (χ0) is 19.5. The highest BCUT2D eigenvalue weighted by molar-refractivity contribution is 5.79. The minimum absolute atomic E-state index is 0.182. The molecule has 0 bridgehead atoms. The number of ether oxygens (including phenoxy) is 1. The number of benzene rings is 1. The van der Waals surface area contributed by atoms with Gasteiger partial charge < -0.3 is 15.4 Å². The summed E-state index contributed by atoms with van der Waals surface area (Å²) in [6.45, 7) is 1.57. The number of rotatable bonds is 4. The maximum Gasteiger partial charge on any atom is 0.225 e. The maximum atomic E-state index is 12.9. The largest absolute Gasteiger partial charge is 0.497 e. The standard InChI is InChI=1S/C22H28N4O2/c1-28-18-10-8-15(9-11-18)19-13-24-22(23)25-20(19)17-7-4-12-26(14-17)21(27)16-5-2-3-6-16/h8-11,13,16-17H,2-7,12,14H2,1H3,(H2,23,24,25). The van der Waals surface area contributed by atoms with Crippen molar-refractivity contribution in [3.63, 3.8) is 0 Å². The minimum Gasteiger partial charge on any atom is -0.497 e. The number of nitrogens with zero attached hydrogens (tertiary/aromatic N) is 3. The molecule has 1 amide bonds. The van der Waals surface area contributed by atoms with E-state index in [1.807, 2.05) is 24.3 Å². The first-order chi connectivity index (χ1) is 13.7. The minimum atomic E-state index is 0.182. The lowest BCUT2D eigenvalue weighted by Gasteiger charge is -2.34. The Morgan fingerprint density at radius 3 is 2.61 bits per heavy atom. The molecule has 6 nitrogen and oxygen atoms in total. The molecular formula is C22H28N4O2. The first kappa shape index (κ1) is 18.7. The molecule has 148 valence electrons. The van der Waals surface area contributed by atoms with E-state index in [4.69, 9.17) is 10.5 Å². The molecule has 0 radical (unpaired) electrons. The summed E-state index contributed by atoms with van der Waals surface area (Å²) < 4.78 is 5.26. The highest BCUT2D eigenvalue weighted by Crippen LogP contribution is 2.35. The first-order valence-electron chi connectivity index (χ1n) is 10.2. The van der Waals surface area contributed by atoms with Crippen molar-refractivity contribution in [1.82, 2.24) is 14.9 Å². The number of hydrogen-bond donors (Lipinski definition) is 1. The molecule has 2 fully saturated rings. The van der Waals surface area contributed by atoms with Crippen molar-refractivity contribution < 1.29 is 9.53 Å². The van der Waals surface area contributed by atoms with Crippen LogP contribution < -0.4 is 10.5 Å². The van der Waals surface area contributed by atoms with Crippen LogP contribution in [0.5, 0.6) is 5.75 Å². The molecule has 1 aromatic carbocycles. The summed E-state index contributed by atoms with van der Waals surface area (Å²) in [4.78, 5) is 23.8. The number of carbonyl (C=O) groups is 1. The van der Waals surface area contributed by atoms with Crippen LogP contribution in [-0.4, -0.2) is 41.0 Å². The van der Waals surface area contributed by atoms with E-state index in [0.717, 1.165) is 61.3 Å². The van der Waals surface area contributed by atoms with Crippen LogP contribution in [0.2, 0.25) is 0 Å². The Bertz CT molecular complexity index is 831. The molecule has 28 heavy (non-hydrogen) atoms. The van der Waals surface area contributed by atoms with Crippen molar-refractivity contribution in [3.05, 3.63) is 36.2 Å². The Balaban J connectivity index is 1.60. The Morgan fingerprint density at radius 1 is 1.14 bits per heavy atom. The molecule has 2 heterocycles. The summed E-state index contributed by atoms with van der Waals surface area (Å²) in [6.07, 6.45) is 8.24. The molecule has 2 aliphatic rings. The summed E-state index contributed by atoms with van der Waals surface area (Å²) in [5.74, 6) is 1.83. The molecule has 1 saturated carbocycles. The highest BCUT2D eigenvalue weighted by Gasteiger charge is 2.32. The number of likely N-dealkylation sites (tertiary alicyclic amines) is 1. The number of amides is 1. The summed E-state index contributed by atoms with van der Waals surface area (Å²) in [5.41, 5.74) is 8.90. The van der Waals surface area contributed by atoms with Gasteiger partial charge in [0, 0.05) is 36.7 Å². The average Bonchev–Trinajstić information content (AvgIpc) is 3.28. The SMILES string of the molecule is COc1ccc(-c2cnc(N)nc2C2CCCN(C(=O)C3CCCC3)C2)cc1. The van der Waals surface area contributed by atoms with Gasteiger partial charge in [-0.1, -0.05) is 25.0 Å². The summed E-state index contributed by atoms with van der Waals surface area (Å²) >= 11 is 0. The number of nitrogen functional groups attached to an aromatic ring is 1. The van der Waals surface area contributed by atoms with Crippen molar-refractivity contribution in [2.24, 2.45) is 5.92 Å². The smallest absolute Gasteiger partial charge is 0.225 e. The van der Waals surface area contributed by atoms with Crippen molar-refractivity contribution in [3.8, 4) is 16.9 Å². The van der Waals surface area contributed by atoms with Crippen LogP contribution in [0.3, 0.4) is 0 Å². The van der Waals surface area contributed by atoms with E-state index in [1.165, 1.54) is 12.8 Å². The van der Waals surface area contributed by atoms with Gasteiger partial charge in [0.1, 0.15) is 5.75 Å². The molecule has 1 aromatic heterocycles. The van der Waals surface area contributed by atoms with E-state index in [-0.39, 0.29) is 17.8 Å². The quantitative estimate of drug-likeness (QED) is 0.876. The zero-order valence-electron chi connectivity index (χ0n) is 16.4. The second kappa shape index (κ2) is 8.17. The Hall–Kier alpha value is -2.63. The van der Waals surface area contributed by atoms with E-state index in [1.54, 1.807) is 13.3 Å². The van der Waals surface area contributed by atoms with E-state index in [2.05, 4.69) is 14.9 Å². The normalized spacial score (nSPS) is 20.3. The fourth-order valence-electron chi connectivity index (χ4n) is 4.54. The number of anilines is 1. The summed E-state index contributed by atoms with van der Waals surface area (Å²) in [7, 11) is 1.66. The van der Waals surface area contributed by atoms with Crippen LogP contribution in [0.25, 0.3) is 11.1 Å². The van der Waals surface area contributed by atoms with Crippen LogP contribution in [0.4, 0.5) is 5.95 Å². The predicted octanol–water partition coefficient (Wildman–Crippen LogP) is 3.63. The van der Waals surface area contributed by atoms with Gasteiger partial charge in [-0.15, -0.1) is 0 Å². The lowest BCUT2D eigenvalue weighted by molar-refractivity contribution is -0.136. The van der Waals surface area contributed by atoms with Crippen molar-refractivity contribution in [2.75, 3.05) is 25.9 Å². The van der Waals surface area contributed by atoms with E-state index in [9.17, 15) is 4.79 Å². The lowest BCUT2D eigenvalue weighted by Crippen LogP contribution is -2.42. The molecule has 1 aliphatic heterocycles. The van der Waals surface area contributed by atoms with Crippen LogP contribution in [-0.2, 0) is 4.79 Å². The number of carbonyl (C=O) groups excluding carboxylic acids is 1. The summed E-state index contributed by atoms with van der Waals surface area (Å²) in [5, 5.41) is 0. The second-order valence-electron chi connectivity index (χ2n) is 7.86. The van der Waals surface area contributed by atoms with Gasteiger partial charge in [-0.2, -0.15) is 0 Å². The number of piperidine rings is 1. The predicted molar refractivity (Wildman–Crippen MR) is 109 cm³/mol. The summed E-state index contributed by atoms with van der Waals surface area (Å²) in [6, 6.07) is 7.90. The first-order valence-corrected chi connectivity index (χ1v) is 10.2.